The van der Waals surface area contributed by atoms with Gasteiger partial charge in [0.15, 0.2) is 0 Å². The molecule has 0 fully saturated rings. The Labute approximate surface area is 144 Å². The second-order valence-electron chi connectivity index (χ2n) is 5.67. The van der Waals surface area contributed by atoms with E-state index >= 15 is 0 Å². The molecule has 0 aromatic heterocycles. The number of rotatable bonds is 7. The maximum Gasteiger partial charge on any atom is 0.0931 e. The van der Waals surface area contributed by atoms with Crippen LogP contribution in [-0.2, 0) is 0 Å². The topological polar surface area (TPSA) is 0 Å². The van der Waals surface area contributed by atoms with Crippen LogP contribution < -0.4 is 0 Å². The van der Waals surface area contributed by atoms with Gasteiger partial charge in [0.2, 0.25) is 0 Å². The summed E-state index contributed by atoms with van der Waals surface area (Å²) in [7, 11) is 12.2. The predicted molar refractivity (Wildman–Crippen MR) is 106 cm³/mol. The van der Waals surface area contributed by atoms with Crippen LogP contribution >= 0.6 is 0 Å². The molecule has 2 heteroatoms. The lowest BCUT2D eigenvalue weighted by Crippen LogP contribution is -2.03. The number of hydrogen-bond donors (Lipinski definition) is 0. The maximum absolute atomic E-state index is 6.09. The molecule has 0 aliphatic heterocycles. The molecule has 0 aliphatic rings. The lowest BCUT2D eigenvalue weighted by atomic mass is 9.69. The summed E-state index contributed by atoms with van der Waals surface area (Å²) in [5.74, 6) is 0.374. The highest BCUT2D eigenvalue weighted by Crippen LogP contribution is 2.35. The standard InChI is InChI=1S/C21H24B2/c1-6-11-16(8-3)18(12-7-2)20(21(22)23)19-14-10-9-13-17(19)15(4)5/h6-7,9-15H,1-2,8H2,3-5H3/b16-11-,18-12+. The van der Waals surface area contributed by atoms with Crippen LogP contribution in [0.3, 0.4) is 0 Å². The first-order valence-corrected chi connectivity index (χ1v) is 7.97. The van der Waals surface area contributed by atoms with Crippen LogP contribution in [0.25, 0.3) is 5.57 Å². The van der Waals surface area contributed by atoms with E-state index in [9.17, 15) is 0 Å². The van der Waals surface area contributed by atoms with E-state index in [4.69, 9.17) is 15.7 Å². The van der Waals surface area contributed by atoms with Gasteiger partial charge < -0.3 is 0 Å². The van der Waals surface area contributed by atoms with E-state index in [-0.39, 0.29) is 0 Å². The molecule has 0 amide bonds. The fourth-order valence-corrected chi connectivity index (χ4v) is 2.69. The molecule has 0 atom stereocenters. The molecule has 1 aromatic carbocycles. The minimum atomic E-state index is 0.314. The first kappa shape index (κ1) is 19.1. The average Bonchev–Trinajstić information content (AvgIpc) is 2.52. The summed E-state index contributed by atoms with van der Waals surface area (Å²) in [6.45, 7) is 14.1. The number of benzene rings is 1. The van der Waals surface area contributed by atoms with Crippen LogP contribution in [-0.4, -0.2) is 15.7 Å². The first-order chi connectivity index (χ1) is 11.0. The smallest absolute Gasteiger partial charge is 0.0931 e. The van der Waals surface area contributed by atoms with Crippen LogP contribution in [0.4, 0.5) is 0 Å². The zero-order valence-corrected chi connectivity index (χ0v) is 14.5. The lowest BCUT2D eigenvalue weighted by molar-refractivity contribution is 0.862. The summed E-state index contributed by atoms with van der Waals surface area (Å²) in [6, 6.07) is 8.25. The van der Waals surface area contributed by atoms with Gasteiger partial charge in [-0.2, -0.15) is 5.37 Å². The van der Waals surface area contributed by atoms with Crippen LogP contribution in [0.1, 0.15) is 44.2 Å². The Hall–Kier alpha value is -1.95. The van der Waals surface area contributed by atoms with Crippen molar-refractivity contribution in [2.24, 2.45) is 0 Å². The van der Waals surface area contributed by atoms with Gasteiger partial charge in [-0.25, -0.2) is 0 Å². The summed E-state index contributed by atoms with van der Waals surface area (Å²) >= 11 is 0. The lowest BCUT2D eigenvalue weighted by Gasteiger charge is -2.22. The van der Waals surface area contributed by atoms with Crippen molar-refractivity contribution >= 4 is 21.3 Å². The van der Waals surface area contributed by atoms with Crippen molar-refractivity contribution in [2.45, 2.75) is 33.1 Å². The molecule has 0 spiro atoms. The van der Waals surface area contributed by atoms with Crippen LogP contribution in [0.15, 0.2) is 78.2 Å². The fraction of sp³-hybridized carbons (Fsp3) is 0.238. The highest BCUT2D eigenvalue weighted by atomic mass is 14.2. The summed E-state index contributed by atoms with van der Waals surface area (Å²) < 4.78 is 0. The van der Waals surface area contributed by atoms with E-state index in [0.717, 1.165) is 28.7 Å². The molecule has 4 radical (unpaired) electrons. The van der Waals surface area contributed by atoms with Gasteiger partial charge in [-0.15, -0.1) is 0 Å². The second kappa shape index (κ2) is 9.25. The highest BCUT2D eigenvalue weighted by Gasteiger charge is 2.16. The van der Waals surface area contributed by atoms with Gasteiger partial charge in [-0.1, -0.05) is 82.5 Å². The summed E-state index contributed by atoms with van der Waals surface area (Å²) in [5.41, 5.74) is 5.28. The van der Waals surface area contributed by atoms with Crippen molar-refractivity contribution in [3.05, 3.63) is 89.4 Å². The van der Waals surface area contributed by atoms with Crippen LogP contribution in [0.5, 0.6) is 0 Å². The normalized spacial score (nSPS) is 12.2. The third-order valence-electron chi connectivity index (χ3n) is 3.74. The van der Waals surface area contributed by atoms with E-state index < -0.39 is 0 Å². The monoisotopic (exact) mass is 298 g/mol. The molecule has 0 saturated heterocycles. The molecule has 114 valence electrons. The van der Waals surface area contributed by atoms with Gasteiger partial charge in [0, 0.05) is 0 Å². The number of hydrogen-bond acceptors (Lipinski definition) is 0. The molecule has 0 saturated carbocycles. The van der Waals surface area contributed by atoms with Gasteiger partial charge in [-0.3, -0.25) is 0 Å². The van der Waals surface area contributed by atoms with Gasteiger partial charge in [-0.05, 0) is 40.2 Å². The predicted octanol–water partition coefficient (Wildman–Crippen LogP) is 5.45. The summed E-state index contributed by atoms with van der Waals surface area (Å²) in [5, 5.41) is 0.314. The molecule has 23 heavy (non-hydrogen) atoms. The van der Waals surface area contributed by atoms with Crippen molar-refractivity contribution in [1.29, 1.82) is 0 Å². The molecule has 0 bridgehead atoms. The molecular weight excluding hydrogens is 274 g/mol. The Bertz CT molecular complexity index is 654. The summed E-state index contributed by atoms with van der Waals surface area (Å²) in [4.78, 5) is 0. The third-order valence-corrected chi connectivity index (χ3v) is 3.74. The SMILES string of the molecule is [B]C([B])=C(C(=C/C=C)/C(=C\C=C)CC)c1ccccc1C(C)C. The van der Waals surface area contributed by atoms with E-state index in [1.54, 1.807) is 12.2 Å². The summed E-state index contributed by atoms with van der Waals surface area (Å²) in [6.07, 6.45) is 8.37. The zero-order chi connectivity index (χ0) is 17.4. The third kappa shape index (κ3) is 4.76. The Kier molecular flexibility index (Phi) is 7.68. The van der Waals surface area contributed by atoms with E-state index in [0.29, 0.717) is 11.3 Å². The molecule has 0 heterocycles. The Morgan fingerprint density at radius 3 is 2.17 bits per heavy atom. The van der Waals surface area contributed by atoms with Crippen molar-refractivity contribution in [1.82, 2.24) is 0 Å². The minimum absolute atomic E-state index is 0.314. The van der Waals surface area contributed by atoms with E-state index in [2.05, 4.69) is 46.1 Å². The van der Waals surface area contributed by atoms with Gasteiger partial charge in [0.1, 0.15) is 0 Å². The van der Waals surface area contributed by atoms with Crippen molar-refractivity contribution in [2.75, 3.05) is 0 Å². The molecular formula is C21H24B2. The van der Waals surface area contributed by atoms with Crippen molar-refractivity contribution < 1.29 is 0 Å². The average molecular weight is 298 g/mol. The molecule has 0 nitrogen and oxygen atoms in total. The van der Waals surface area contributed by atoms with Crippen LogP contribution in [0, 0.1) is 0 Å². The fourth-order valence-electron chi connectivity index (χ4n) is 2.69. The van der Waals surface area contributed by atoms with Gasteiger partial charge in [0.25, 0.3) is 0 Å². The van der Waals surface area contributed by atoms with Crippen molar-refractivity contribution in [3.8, 4) is 0 Å². The largest absolute Gasteiger partial charge is 0.152 e. The zero-order valence-electron chi connectivity index (χ0n) is 14.5. The Morgan fingerprint density at radius 2 is 1.70 bits per heavy atom. The van der Waals surface area contributed by atoms with E-state index in [1.165, 1.54) is 5.56 Å². The maximum atomic E-state index is 6.09. The molecule has 1 rings (SSSR count). The Morgan fingerprint density at radius 1 is 1.09 bits per heavy atom. The Balaban J connectivity index is 3.69. The van der Waals surface area contributed by atoms with Crippen LogP contribution in [0.2, 0.25) is 0 Å². The van der Waals surface area contributed by atoms with Crippen molar-refractivity contribution in [3.63, 3.8) is 0 Å². The first-order valence-electron chi connectivity index (χ1n) is 7.97. The van der Waals surface area contributed by atoms with Gasteiger partial charge >= 0.3 is 0 Å². The molecule has 0 N–H and O–H groups in total. The van der Waals surface area contributed by atoms with Gasteiger partial charge in [0.05, 0.1) is 15.7 Å². The quantitative estimate of drug-likeness (QED) is 0.464. The molecule has 0 unspecified atom stereocenters. The molecule has 1 aromatic rings. The minimum Gasteiger partial charge on any atom is -0.152 e. The number of allylic oxidation sites excluding steroid dienone is 7. The van der Waals surface area contributed by atoms with E-state index in [1.807, 2.05) is 24.3 Å². The second-order valence-corrected chi connectivity index (χ2v) is 5.67. The highest BCUT2D eigenvalue weighted by molar-refractivity contribution is 6.51. The molecule has 0 aliphatic carbocycles.